The summed E-state index contributed by atoms with van der Waals surface area (Å²) in [5, 5.41) is 2.89. The number of hydrogen-bond donors (Lipinski definition) is 1. The first kappa shape index (κ1) is 17.9. The number of amides is 1. The summed E-state index contributed by atoms with van der Waals surface area (Å²) in [4.78, 5) is 25.4. The van der Waals surface area contributed by atoms with Crippen LogP contribution in [0.2, 0.25) is 0 Å². The molecular weight excluding hydrogens is 244 g/mol. The van der Waals surface area contributed by atoms with Crippen molar-refractivity contribution in [3.8, 4) is 0 Å². The van der Waals surface area contributed by atoms with Gasteiger partial charge in [0.15, 0.2) is 0 Å². The summed E-state index contributed by atoms with van der Waals surface area (Å²) in [5.74, 6) is 0.103. The molecule has 1 atom stereocenters. The van der Waals surface area contributed by atoms with E-state index in [2.05, 4.69) is 5.32 Å². The van der Waals surface area contributed by atoms with Crippen LogP contribution in [-0.2, 0) is 14.3 Å². The molecule has 0 aromatic rings. The van der Waals surface area contributed by atoms with Gasteiger partial charge in [0.2, 0.25) is 5.91 Å². The minimum absolute atomic E-state index is 0.0357. The Balaban J connectivity index is 4.41. The highest BCUT2D eigenvalue weighted by atomic mass is 16.5. The first-order chi connectivity index (χ1) is 8.92. The summed E-state index contributed by atoms with van der Waals surface area (Å²) in [7, 11) is 0. The van der Waals surface area contributed by atoms with Crippen LogP contribution in [0.15, 0.2) is 0 Å². The number of carbonyl (C=O) groups excluding carboxylic acids is 2. The van der Waals surface area contributed by atoms with E-state index in [1.165, 1.54) is 0 Å². The largest absolute Gasteiger partial charge is 0.465 e. The van der Waals surface area contributed by atoms with E-state index >= 15 is 0 Å². The van der Waals surface area contributed by atoms with Crippen molar-refractivity contribution >= 4 is 11.9 Å². The van der Waals surface area contributed by atoms with Crippen molar-refractivity contribution in [3.63, 3.8) is 0 Å². The van der Waals surface area contributed by atoms with Crippen LogP contribution in [0.5, 0.6) is 0 Å². The molecule has 0 heterocycles. The molecule has 19 heavy (non-hydrogen) atoms. The van der Waals surface area contributed by atoms with Gasteiger partial charge in [-0.25, -0.2) is 0 Å². The van der Waals surface area contributed by atoms with E-state index in [0.29, 0.717) is 25.6 Å². The van der Waals surface area contributed by atoms with Crippen LogP contribution in [0.25, 0.3) is 0 Å². The predicted molar refractivity (Wildman–Crippen MR) is 75.8 cm³/mol. The topological polar surface area (TPSA) is 58.6 Å². The monoisotopic (exact) mass is 272 g/mol. The highest BCUT2D eigenvalue weighted by Gasteiger charge is 2.23. The van der Waals surface area contributed by atoms with Crippen molar-refractivity contribution in [2.45, 2.75) is 47.1 Å². The van der Waals surface area contributed by atoms with Crippen LogP contribution >= 0.6 is 0 Å². The van der Waals surface area contributed by atoms with Crippen molar-refractivity contribution < 1.29 is 14.3 Å². The summed E-state index contributed by atoms with van der Waals surface area (Å²) in [6.07, 6.45) is 0.890. The zero-order chi connectivity index (χ0) is 14.8. The lowest BCUT2D eigenvalue weighted by molar-refractivity contribution is -0.145. The lowest BCUT2D eigenvalue weighted by atomic mass is 10.2. The van der Waals surface area contributed by atoms with Gasteiger partial charge in [-0.15, -0.1) is 0 Å². The van der Waals surface area contributed by atoms with E-state index in [1.54, 1.807) is 6.92 Å². The fraction of sp³-hybridized carbons (Fsp3) is 0.857. The Labute approximate surface area is 116 Å². The number of esters is 1. The fourth-order valence-corrected chi connectivity index (χ4v) is 1.69. The highest BCUT2D eigenvalue weighted by molar-refractivity contribution is 5.82. The van der Waals surface area contributed by atoms with Crippen molar-refractivity contribution in [2.24, 2.45) is 5.92 Å². The summed E-state index contributed by atoms with van der Waals surface area (Å²) in [6, 6.07) is -0.317. The van der Waals surface area contributed by atoms with E-state index in [1.807, 2.05) is 32.6 Å². The molecule has 0 saturated carbocycles. The Morgan fingerprint density at radius 2 is 1.84 bits per heavy atom. The Kier molecular flexibility index (Phi) is 9.21. The van der Waals surface area contributed by atoms with Gasteiger partial charge < -0.3 is 10.1 Å². The molecule has 1 amide bonds. The van der Waals surface area contributed by atoms with E-state index in [4.69, 9.17) is 4.74 Å². The number of ether oxygens (including phenoxy) is 1. The van der Waals surface area contributed by atoms with Gasteiger partial charge >= 0.3 is 5.97 Å². The van der Waals surface area contributed by atoms with Crippen molar-refractivity contribution in [2.75, 3.05) is 26.2 Å². The summed E-state index contributed by atoms with van der Waals surface area (Å²) in [5.41, 5.74) is 0. The average molecular weight is 272 g/mol. The molecule has 0 aromatic heterocycles. The van der Waals surface area contributed by atoms with Gasteiger partial charge in [0, 0.05) is 6.54 Å². The number of hydrogen-bond acceptors (Lipinski definition) is 4. The second kappa shape index (κ2) is 9.78. The maximum Gasteiger partial charge on any atom is 0.320 e. The van der Waals surface area contributed by atoms with Gasteiger partial charge in [0.25, 0.3) is 0 Å². The summed E-state index contributed by atoms with van der Waals surface area (Å²) >= 11 is 0. The zero-order valence-electron chi connectivity index (χ0n) is 12.9. The van der Waals surface area contributed by atoms with E-state index in [0.717, 1.165) is 6.42 Å². The van der Waals surface area contributed by atoms with Crippen LogP contribution in [0.4, 0.5) is 0 Å². The Morgan fingerprint density at radius 1 is 1.21 bits per heavy atom. The lowest BCUT2D eigenvalue weighted by Crippen LogP contribution is -2.48. The van der Waals surface area contributed by atoms with E-state index in [-0.39, 0.29) is 24.5 Å². The minimum atomic E-state index is -0.317. The Bertz CT molecular complexity index is 280. The molecule has 0 aliphatic heterocycles. The quantitative estimate of drug-likeness (QED) is 0.645. The van der Waals surface area contributed by atoms with Gasteiger partial charge in [-0.2, -0.15) is 0 Å². The molecule has 0 spiro atoms. The minimum Gasteiger partial charge on any atom is -0.465 e. The number of carbonyl (C=O) groups is 2. The lowest BCUT2D eigenvalue weighted by Gasteiger charge is -2.27. The molecule has 0 saturated heterocycles. The van der Waals surface area contributed by atoms with Crippen LogP contribution < -0.4 is 5.32 Å². The third-order valence-electron chi connectivity index (χ3n) is 2.76. The normalized spacial score (nSPS) is 12.6. The average Bonchev–Trinajstić information content (AvgIpc) is 2.34. The number of nitrogens with one attached hydrogen (secondary N) is 1. The summed E-state index contributed by atoms with van der Waals surface area (Å²) in [6.45, 7) is 11.6. The molecule has 0 bridgehead atoms. The highest BCUT2D eigenvalue weighted by Crippen LogP contribution is 2.02. The molecule has 1 N–H and O–H groups in total. The second-order valence-electron chi connectivity index (χ2n) is 5.09. The predicted octanol–water partition coefficient (Wildman–Crippen LogP) is 1.42. The van der Waals surface area contributed by atoms with Crippen molar-refractivity contribution in [1.29, 1.82) is 0 Å². The van der Waals surface area contributed by atoms with Crippen molar-refractivity contribution in [3.05, 3.63) is 0 Å². The molecular formula is C14H28N2O3. The maximum atomic E-state index is 12.0. The van der Waals surface area contributed by atoms with E-state index < -0.39 is 0 Å². The van der Waals surface area contributed by atoms with Gasteiger partial charge in [-0.3, -0.25) is 14.5 Å². The smallest absolute Gasteiger partial charge is 0.320 e. The van der Waals surface area contributed by atoms with Crippen molar-refractivity contribution in [1.82, 2.24) is 10.2 Å². The van der Waals surface area contributed by atoms with Crippen LogP contribution in [0.3, 0.4) is 0 Å². The van der Waals surface area contributed by atoms with Crippen LogP contribution in [0, 0.1) is 5.92 Å². The Hall–Kier alpha value is -1.10. The molecule has 0 rings (SSSR count). The first-order valence-corrected chi connectivity index (χ1v) is 7.09. The molecule has 0 aliphatic carbocycles. The van der Waals surface area contributed by atoms with E-state index in [9.17, 15) is 9.59 Å². The molecule has 0 radical (unpaired) electrons. The number of nitrogens with zero attached hydrogens (tertiary/aromatic N) is 1. The molecule has 0 fully saturated rings. The first-order valence-electron chi connectivity index (χ1n) is 7.09. The third kappa shape index (κ3) is 7.82. The van der Waals surface area contributed by atoms with Gasteiger partial charge in [0.05, 0.1) is 19.2 Å². The molecule has 5 nitrogen and oxygen atoms in total. The molecule has 5 heteroatoms. The van der Waals surface area contributed by atoms with Gasteiger partial charge in [0.1, 0.15) is 0 Å². The SMILES string of the molecule is CCCN(CC(=O)OCC)C(C)C(=O)NCC(C)C. The third-order valence-corrected chi connectivity index (χ3v) is 2.76. The molecule has 0 aromatic carbocycles. The van der Waals surface area contributed by atoms with Crippen LogP contribution in [0.1, 0.15) is 41.0 Å². The zero-order valence-corrected chi connectivity index (χ0v) is 12.9. The fourth-order valence-electron chi connectivity index (χ4n) is 1.69. The standard InChI is InChI=1S/C14H28N2O3/c1-6-8-16(10-13(17)19-7-2)12(5)14(18)15-9-11(3)4/h11-12H,6-10H2,1-5H3,(H,15,18). The summed E-state index contributed by atoms with van der Waals surface area (Å²) < 4.78 is 4.93. The number of rotatable bonds is 9. The molecule has 1 unspecified atom stereocenters. The van der Waals surface area contributed by atoms with Crippen LogP contribution in [-0.4, -0.2) is 49.1 Å². The maximum absolute atomic E-state index is 12.0. The molecule has 0 aliphatic rings. The Morgan fingerprint density at radius 3 is 2.32 bits per heavy atom. The second-order valence-corrected chi connectivity index (χ2v) is 5.09. The van der Waals surface area contributed by atoms with Gasteiger partial charge in [-0.05, 0) is 32.7 Å². The molecule has 112 valence electrons. The van der Waals surface area contributed by atoms with Gasteiger partial charge in [-0.1, -0.05) is 20.8 Å².